The second-order valence-corrected chi connectivity index (χ2v) is 5.21. The fourth-order valence-corrected chi connectivity index (χ4v) is 2.76. The van der Waals surface area contributed by atoms with E-state index in [0.29, 0.717) is 5.92 Å². The van der Waals surface area contributed by atoms with Gasteiger partial charge in [-0.25, -0.2) is 0 Å². The highest BCUT2D eigenvalue weighted by Crippen LogP contribution is 2.24. The smallest absolute Gasteiger partial charge is 0.137 e. The van der Waals surface area contributed by atoms with E-state index in [0.717, 1.165) is 48.8 Å². The number of methoxy groups -OCH3 is 1. The second kappa shape index (κ2) is 5.63. The summed E-state index contributed by atoms with van der Waals surface area (Å²) in [5.41, 5.74) is 1.12. The van der Waals surface area contributed by atoms with E-state index in [9.17, 15) is 5.11 Å². The van der Waals surface area contributed by atoms with Gasteiger partial charge in [0.05, 0.1) is 7.11 Å². The largest absolute Gasteiger partial charge is 0.496 e. The molecular weight excluding hydrogens is 254 g/mol. The number of aliphatic hydroxyl groups is 1. The van der Waals surface area contributed by atoms with Crippen LogP contribution in [-0.2, 0) is 19.4 Å². The van der Waals surface area contributed by atoms with Gasteiger partial charge in [0, 0.05) is 31.6 Å². The molecule has 1 unspecified atom stereocenters. The monoisotopic (exact) mass is 273 g/mol. The van der Waals surface area contributed by atoms with Crippen molar-refractivity contribution in [2.24, 2.45) is 5.92 Å². The molecule has 2 aromatic rings. The van der Waals surface area contributed by atoms with Crippen molar-refractivity contribution >= 4 is 0 Å². The molecule has 1 aliphatic rings. The third kappa shape index (κ3) is 2.41. The van der Waals surface area contributed by atoms with Crippen molar-refractivity contribution in [1.82, 2.24) is 14.8 Å². The van der Waals surface area contributed by atoms with Gasteiger partial charge in [0.2, 0.25) is 0 Å². The van der Waals surface area contributed by atoms with E-state index >= 15 is 0 Å². The van der Waals surface area contributed by atoms with Crippen LogP contribution in [0.15, 0.2) is 24.3 Å². The molecule has 1 N–H and O–H groups in total. The van der Waals surface area contributed by atoms with Crippen molar-refractivity contribution < 1.29 is 9.84 Å². The quantitative estimate of drug-likeness (QED) is 0.915. The number of aromatic nitrogens is 3. The number of fused-ring (bicyclic) bond motifs is 1. The zero-order valence-corrected chi connectivity index (χ0v) is 11.6. The summed E-state index contributed by atoms with van der Waals surface area (Å²) >= 11 is 0. The van der Waals surface area contributed by atoms with Crippen LogP contribution in [0.2, 0.25) is 0 Å². The molecule has 0 fully saturated rings. The predicted molar refractivity (Wildman–Crippen MR) is 74.7 cm³/mol. The first-order valence-electron chi connectivity index (χ1n) is 6.95. The number of ether oxygens (including phenoxy) is 1. The molecule has 0 amide bonds. The second-order valence-electron chi connectivity index (χ2n) is 5.21. The Hall–Kier alpha value is -1.88. The first kappa shape index (κ1) is 13.1. The highest BCUT2D eigenvalue weighted by Gasteiger charge is 2.22. The molecule has 1 aromatic heterocycles. The first-order valence-corrected chi connectivity index (χ1v) is 6.95. The first-order chi connectivity index (χ1) is 9.81. The van der Waals surface area contributed by atoms with E-state index in [-0.39, 0.29) is 6.61 Å². The van der Waals surface area contributed by atoms with E-state index in [4.69, 9.17) is 4.74 Å². The molecule has 0 aliphatic carbocycles. The summed E-state index contributed by atoms with van der Waals surface area (Å²) in [6.07, 6.45) is 2.52. The predicted octanol–water partition coefficient (Wildman–Crippen LogP) is 1.43. The zero-order chi connectivity index (χ0) is 13.9. The lowest BCUT2D eigenvalue weighted by atomic mass is 9.98. The molecule has 1 aliphatic heterocycles. The van der Waals surface area contributed by atoms with Gasteiger partial charge in [-0.15, -0.1) is 10.2 Å². The van der Waals surface area contributed by atoms with Gasteiger partial charge in [-0.3, -0.25) is 0 Å². The highest BCUT2D eigenvalue weighted by atomic mass is 16.5. The van der Waals surface area contributed by atoms with Gasteiger partial charge in [0.25, 0.3) is 0 Å². The minimum Gasteiger partial charge on any atom is -0.496 e. The Morgan fingerprint density at radius 2 is 2.20 bits per heavy atom. The maximum absolute atomic E-state index is 9.25. The van der Waals surface area contributed by atoms with Gasteiger partial charge in [-0.1, -0.05) is 18.2 Å². The SMILES string of the molecule is COc1ccccc1Cc1nnc2n1CCC(CO)C2. The Morgan fingerprint density at radius 3 is 3.00 bits per heavy atom. The highest BCUT2D eigenvalue weighted by molar-refractivity contribution is 5.35. The number of hydrogen-bond donors (Lipinski definition) is 1. The molecule has 5 heteroatoms. The average molecular weight is 273 g/mol. The van der Waals surface area contributed by atoms with Crippen LogP contribution >= 0.6 is 0 Å². The summed E-state index contributed by atoms with van der Waals surface area (Å²) in [6.45, 7) is 1.12. The third-order valence-electron chi connectivity index (χ3n) is 3.94. The summed E-state index contributed by atoms with van der Waals surface area (Å²) in [4.78, 5) is 0. The van der Waals surface area contributed by atoms with E-state index in [2.05, 4.69) is 20.8 Å². The molecule has 0 saturated heterocycles. The number of hydrogen-bond acceptors (Lipinski definition) is 4. The van der Waals surface area contributed by atoms with Crippen molar-refractivity contribution in [2.45, 2.75) is 25.8 Å². The molecular formula is C15H19N3O2. The molecule has 0 bridgehead atoms. The normalized spacial score (nSPS) is 17.8. The number of aliphatic hydroxyl groups excluding tert-OH is 1. The molecule has 20 heavy (non-hydrogen) atoms. The Balaban J connectivity index is 1.84. The van der Waals surface area contributed by atoms with Crippen LogP contribution in [-0.4, -0.2) is 33.6 Å². The number of benzene rings is 1. The lowest BCUT2D eigenvalue weighted by Gasteiger charge is -2.22. The third-order valence-corrected chi connectivity index (χ3v) is 3.94. The van der Waals surface area contributed by atoms with Gasteiger partial charge in [0.1, 0.15) is 17.4 Å². The van der Waals surface area contributed by atoms with Crippen LogP contribution < -0.4 is 4.74 Å². The van der Waals surface area contributed by atoms with Crippen LogP contribution in [0.1, 0.15) is 23.6 Å². The van der Waals surface area contributed by atoms with Crippen molar-refractivity contribution in [2.75, 3.05) is 13.7 Å². The lowest BCUT2D eigenvalue weighted by Crippen LogP contribution is -2.23. The summed E-state index contributed by atoms with van der Waals surface area (Å²) in [5, 5.41) is 17.8. The van der Waals surface area contributed by atoms with E-state index in [1.165, 1.54) is 0 Å². The minimum absolute atomic E-state index is 0.231. The van der Waals surface area contributed by atoms with E-state index in [1.54, 1.807) is 7.11 Å². The summed E-state index contributed by atoms with van der Waals surface area (Å²) in [5.74, 6) is 3.17. The molecule has 0 radical (unpaired) electrons. The minimum atomic E-state index is 0.231. The van der Waals surface area contributed by atoms with Crippen molar-refractivity contribution in [3.05, 3.63) is 41.5 Å². The maximum Gasteiger partial charge on any atom is 0.137 e. The van der Waals surface area contributed by atoms with Gasteiger partial charge >= 0.3 is 0 Å². The Bertz CT molecular complexity index is 595. The molecule has 5 nitrogen and oxygen atoms in total. The summed E-state index contributed by atoms with van der Waals surface area (Å²) < 4.78 is 7.56. The van der Waals surface area contributed by atoms with Gasteiger partial charge in [0.15, 0.2) is 0 Å². The lowest BCUT2D eigenvalue weighted by molar-refractivity contribution is 0.198. The molecule has 1 aromatic carbocycles. The van der Waals surface area contributed by atoms with E-state index < -0.39 is 0 Å². The fraction of sp³-hybridized carbons (Fsp3) is 0.467. The molecule has 1 atom stereocenters. The molecule has 106 valence electrons. The van der Waals surface area contributed by atoms with E-state index in [1.807, 2.05) is 18.2 Å². The fourth-order valence-electron chi connectivity index (χ4n) is 2.76. The van der Waals surface area contributed by atoms with Crippen LogP contribution in [0.25, 0.3) is 0 Å². The maximum atomic E-state index is 9.25. The van der Waals surface area contributed by atoms with Gasteiger partial charge in [-0.05, 0) is 18.4 Å². The molecule has 2 heterocycles. The van der Waals surface area contributed by atoms with Crippen LogP contribution in [0.5, 0.6) is 5.75 Å². The Labute approximate surface area is 118 Å². The number of rotatable bonds is 4. The number of nitrogens with zero attached hydrogens (tertiary/aromatic N) is 3. The van der Waals surface area contributed by atoms with Crippen molar-refractivity contribution in [3.63, 3.8) is 0 Å². The van der Waals surface area contributed by atoms with Gasteiger partial charge in [-0.2, -0.15) is 0 Å². The zero-order valence-electron chi connectivity index (χ0n) is 11.6. The standard InChI is InChI=1S/C15H19N3O2/c1-20-13-5-3-2-4-12(13)9-15-17-16-14-8-11(10-19)6-7-18(14)15/h2-5,11,19H,6-10H2,1H3. The Kier molecular flexibility index (Phi) is 3.69. The molecule has 0 spiro atoms. The molecule has 3 rings (SSSR count). The Morgan fingerprint density at radius 1 is 1.35 bits per heavy atom. The van der Waals surface area contributed by atoms with Gasteiger partial charge < -0.3 is 14.4 Å². The van der Waals surface area contributed by atoms with Crippen LogP contribution in [0.3, 0.4) is 0 Å². The number of para-hydroxylation sites is 1. The summed E-state index contributed by atoms with van der Waals surface area (Å²) in [6, 6.07) is 7.99. The molecule has 0 saturated carbocycles. The van der Waals surface area contributed by atoms with Crippen LogP contribution in [0, 0.1) is 5.92 Å². The van der Waals surface area contributed by atoms with Crippen molar-refractivity contribution in [1.29, 1.82) is 0 Å². The summed E-state index contributed by atoms with van der Waals surface area (Å²) in [7, 11) is 1.68. The van der Waals surface area contributed by atoms with Crippen LogP contribution in [0.4, 0.5) is 0 Å². The average Bonchev–Trinajstić information content (AvgIpc) is 2.90. The topological polar surface area (TPSA) is 60.2 Å². The van der Waals surface area contributed by atoms with Crippen molar-refractivity contribution in [3.8, 4) is 5.75 Å².